The molecule has 0 spiro atoms. The maximum Gasteiger partial charge on any atom is 0.146 e. The average molecular weight is 263 g/mol. The van der Waals surface area contributed by atoms with Crippen LogP contribution in [0.25, 0.3) is 11.3 Å². The van der Waals surface area contributed by atoms with Crippen LogP contribution in [0, 0.1) is 11.3 Å². The van der Waals surface area contributed by atoms with Crippen molar-refractivity contribution < 1.29 is 0 Å². The van der Waals surface area contributed by atoms with Crippen LogP contribution >= 0.6 is 0 Å². The van der Waals surface area contributed by atoms with E-state index in [9.17, 15) is 0 Å². The summed E-state index contributed by atoms with van der Waals surface area (Å²) in [5.74, 6) is 0.727. The first-order valence-electron chi connectivity index (χ1n) is 6.89. The van der Waals surface area contributed by atoms with E-state index < -0.39 is 0 Å². The van der Waals surface area contributed by atoms with Gasteiger partial charge in [0.15, 0.2) is 0 Å². The molecular formula is C17H17N3. The Kier molecular flexibility index (Phi) is 3.15. The second-order valence-corrected chi connectivity index (χ2v) is 5.41. The first kappa shape index (κ1) is 12.7. The minimum atomic E-state index is 0.611. The number of benzene rings is 1. The van der Waals surface area contributed by atoms with Crippen LogP contribution in [0.1, 0.15) is 23.1 Å². The third-order valence-corrected chi connectivity index (χ3v) is 3.81. The fraction of sp³-hybridized carbons (Fsp3) is 0.294. The van der Waals surface area contributed by atoms with Crippen LogP contribution in [0.2, 0.25) is 0 Å². The SMILES string of the molecule is CN(C)c1nc(-c2ccc3c(c2)CCC3)ccc1C#N. The summed E-state index contributed by atoms with van der Waals surface area (Å²) < 4.78 is 0. The van der Waals surface area contributed by atoms with Crippen LogP contribution in [0.15, 0.2) is 30.3 Å². The normalized spacial score (nSPS) is 12.8. The molecule has 0 amide bonds. The molecule has 0 fully saturated rings. The summed E-state index contributed by atoms with van der Waals surface area (Å²) in [6, 6.07) is 12.6. The Morgan fingerprint density at radius 2 is 1.90 bits per heavy atom. The lowest BCUT2D eigenvalue weighted by Gasteiger charge is -2.14. The molecule has 1 aliphatic carbocycles. The second kappa shape index (κ2) is 4.97. The van der Waals surface area contributed by atoms with Gasteiger partial charge in [-0.1, -0.05) is 12.1 Å². The Hall–Kier alpha value is -2.34. The van der Waals surface area contributed by atoms with Crippen LogP contribution in [0.3, 0.4) is 0 Å². The number of nitrogens with zero attached hydrogens (tertiary/aromatic N) is 3. The molecule has 1 heterocycles. The van der Waals surface area contributed by atoms with Crippen molar-refractivity contribution in [3.8, 4) is 17.3 Å². The molecule has 0 unspecified atom stereocenters. The van der Waals surface area contributed by atoms with Gasteiger partial charge in [0.25, 0.3) is 0 Å². The maximum atomic E-state index is 9.14. The quantitative estimate of drug-likeness (QED) is 0.835. The number of anilines is 1. The molecule has 3 nitrogen and oxygen atoms in total. The van der Waals surface area contributed by atoms with Crippen molar-refractivity contribution in [3.63, 3.8) is 0 Å². The molecule has 0 radical (unpaired) electrons. The molecule has 1 aliphatic rings. The van der Waals surface area contributed by atoms with E-state index in [1.165, 1.54) is 30.4 Å². The topological polar surface area (TPSA) is 39.9 Å². The molecule has 2 aromatic rings. The van der Waals surface area contributed by atoms with Crippen LogP contribution in [0.5, 0.6) is 0 Å². The number of hydrogen-bond acceptors (Lipinski definition) is 3. The maximum absolute atomic E-state index is 9.14. The Bertz CT molecular complexity index is 696. The lowest BCUT2D eigenvalue weighted by Crippen LogP contribution is -2.12. The molecule has 3 heteroatoms. The molecular weight excluding hydrogens is 246 g/mol. The third kappa shape index (κ3) is 2.14. The van der Waals surface area contributed by atoms with Crippen molar-refractivity contribution in [2.24, 2.45) is 0 Å². The Morgan fingerprint density at radius 1 is 1.10 bits per heavy atom. The van der Waals surface area contributed by atoms with Crippen molar-refractivity contribution in [2.75, 3.05) is 19.0 Å². The van der Waals surface area contributed by atoms with Crippen LogP contribution < -0.4 is 4.90 Å². The van der Waals surface area contributed by atoms with Gasteiger partial charge in [-0.2, -0.15) is 5.26 Å². The van der Waals surface area contributed by atoms with Crippen molar-refractivity contribution in [3.05, 3.63) is 47.0 Å². The standard InChI is InChI=1S/C17H17N3/c1-20(2)17-15(11-18)8-9-16(19-17)14-7-6-12-4-3-5-13(12)10-14/h6-10H,3-5H2,1-2H3. The lowest BCUT2D eigenvalue weighted by atomic mass is 10.0. The summed E-state index contributed by atoms with van der Waals surface area (Å²) in [4.78, 5) is 6.53. The number of pyridine rings is 1. The van der Waals surface area contributed by atoms with Crippen LogP contribution in [-0.4, -0.2) is 19.1 Å². The van der Waals surface area contributed by atoms with E-state index in [0.29, 0.717) is 5.56 Å². The summed E-state index contributed by atoms with van der Waals surface area (Å²) >= 11 is 0. The number of rotatable bonds is 2. The number of nitriles is 1. The van der Waals surface area contributed by atoms with Crippen molar-refractivity contribution in [1.29, 1.82) is 5.26 Å². The average Bonchev–Trinajstić information content (AvgIpc) is 2.93. The second-order valence-electron chi connectivity index (χ2n) is 5.41. The summed E-state index contributed by atoms with van der Waals surface area (Å²) in [6.07, 6.45) is 3.61. The molecule has 0 saturated carbocycles. The zero-order valence-corrected chi connectivity index (χ0v) is 11.8. The van der Waals surface area contributed by atoms with E-state index in [0.717, 1.165) is 17.1 Å². The number of aryl methyl sites for hydroxylation is 2. The van der Waals surface area contributed by atoms with Gasteiger partial charge in [0.2, 0.25) is 0 Å². The number of hydrogen-bond donors (Lipinski definition) is 0. The first-order chi connectivity index (χ1) is 9.69. The lowest BCUT2D eigenvalue weighted by molar-refractivity contribution is 0.912. The van der Waals surface area contributed by atoms with Gasteiger partial charge < -0.3 is 4.90 Å². The van der Waals surface area contributed by atoms with Gasteiger partial charge >= 0.3 is 0 Å². The highest BCUT2D eigenvalue weighted by Crippen LogP contribution is 2.28. The highest BCUT2D eigenvalue weighted by molar-refractivity contribution is 5.66. The molecule has 3 rings (SSSR count). The molecule has 1 aromatic heterocycles. The third-order valence-electron chi connectivity index (χ3n) is 3.81. The highest BCUT2D eigenvalue weighted by Gasteiger charge is 2.13. The smallest absolute Gasteiger partial charge is 0.146 e. The molecule has 0 atom stereocenters. The van der Waals surface area contributed by atoms with Gasteiger partial charge in [-0.05, 0) is 48.6 Å². The Balaban J connectivity index is 2.07. The van der Waals surface area contributed by atoms with Crippen LogP contribution in [-0.2, 0) is 12.8 Å². The summed E-state index contributed by atoms with van der Waals surface area (Å²) in [7, 11) is 3.82. The van der Waals surface area contributed by atoms with Gasteiger partial charge in [-0.3, -0.25) is 0 Å². The highest BCUT2D eigenvalue weighted by atomic mass is 15.1. The number of aromatic nitrogens is 1. The zero-order chi connectivity index (χ0) is 14.1. The minimum Gasteiger partial charge on any atom is -0.362 e. The summed E-state index contributed by atoms with van der Waals surface area (Å²) in [5, 5.41) is 9.14. The predicted molar refractivity (Wildman–Crippen MR) is 80.7 cm³/mol. The van der Waals surface area contributed by atoms with Crippen molar-refractivity contribution >= 4 is 5.82 Å². The zero-order valence-electron chi connectivity index (χ0n) is 11.8. The van der Waals surface area contributed by atoms with Gasteiger partial charge in [0.05, 0.1) is 11.3 Å². The molecule has 0 N–H and O–H groups in total. The molecule has 0 saturated heterocycles. The van der Waals surface area contributed by atoms with Gasteiger partial charge in [-0.25, -0.2) is 4.98 Å². The summed E-state index contributed by atoms with van der Waals surface area (Å²) in [5.41, 5.74) is 5.59. The van der Waals surface area contributed by atoms with Crippen molar-refractivity contribution in [2.45, 2.75) is 19.3 Å². The van der Waals surface area contributed by atoms with E-state index in [1.807, 2.05) is 31.1 Å². The minimum absolute atomic E-state index is 0.611. The Labute approximate surface area is 119 Å². The molecule has 0 bridgehead atoms. The first-order valence-corrected chi connectivity index (χ1v) is 6.89. The van der Waals surface area contributed by atoms with Gasteiger partial charge in [0, 0.05) is 19.7 Å². The molecule has 0 aliphatic heterocycles. The van der Waals surface area contributed by atoms with E-state index in [-0.39, 0.29) is 0 Å². The van der Waals surface area contributed by atoms with Gasteiger partial charge in [0.1, 0.15) is 11.9 Å². The summed E-state index contributed by atoms with van der Waals surface area (Å²) in [6.45, 7) is 0. The number of fused-ring (bicyclic) bond motifs is 1. The van der Waals surface area contributed by atoms with E-state index in [1.54, 1.807) is 0 Å². The van der Waals surface area contributed by atoms with Crippen LogP contribution in [0.4, 0.5) is 5.82 Å². The van der Waals surface area contributed by atoms with Crippen molar-refractivity contribution in [1.82, 2.24) is 4.98 Å². The molecule has 1 aromatic carbocycles. The van der Waals surface area contributed by atoms with E-state index in [2.05, 4.69) is 29.3 Å². The predicted octanol–water partition coefficient (Wildman–Crippen LogP) is 3.17. The van der Waals surface area contributed by atoms with E-state index >= 15 is 0 Å². The fourth-order valence-electron chi connectivity index (χ4n) is 2.77. The monoisotopic (exact) mass is 263 g/mol. The Morgan fingerprint density at radius 3 is 2.65 bits per heavy atom. The molecule has 100 valence electrons. The fourth-order valence-corrected chi connectivity index (χ4v) is 2.77. The molecule has 20 heavy (non-hydrogen) atoms. The van der Waals surface area contributed by atoms with E-state index in [4.69, 9.17) is 5.26 Å². The largest absolute Gasteiger partial charge is 0.362 e. The van der Waals surface area contributed by atoms with Gasteiger partial charge in [-0.15, -0.1) is 0 Å².